The second kappa shape index (κ2) is 22.0. The Morgan fingerprint density at radius 1 is 0.171 bits per heavy atom. The Kier molecular flexibility index (Phi) is 12.4. The summed E-state index contributed by atoms with van der Waals surface area (Å²) in [6.07, 6.45) is 0. The fourth-order valence-corrected chi connectivity index (χ4v) is 20.2. The van der Waals surface area contributed by atoms with Gasteiger partial charge in [0.2, 0.25) is 0 Å². The number of carbonyl (C=O) groups excluding carboxylic acids is 3. The fraction of sp³-hybridized carbons (Fsp3) is 0.0294. The summed E-state index contributed by atoms with van der Waals surface area (Å²) in [5, 5.41) is 0. The predicted octanol–water partition coefficient (Wildman–Crippen LogP) is 23.4. The molecule has 3 spiro atoms. The van der Waals surface area contributed by atoms with Crippen molar-refractivity contribution in [1.82, 2.24) is 0 Å². The molecule has 0 N–H and O–H groups in total. The second-order valence-corrected chi connectivity index (χ2v) is 28.8. The summed E-state index contributed by atoms with van der Waals surface area (Å²) in [6.45, 7) is 0. The van der Waals surface area contributed by atoms with E-state index in [9.17, 15) is 0 Å². The Morgan fingerprint density at radius 3 is 0.638 bits per heavy atom. The molecule has 22 rings (SSSR count). The monoisotopic (exact) mass is 1330 g/mol. The molecule has 105 heavy (non-hydrogen) atoms. The standard InChI is InChI=1S/C102H60O3/c103-97(76-40-13-10-34-67(76)61-28-4-1-5-29-61)64-52-55-73-70-37-16-22-46-82(70)100(88(73)58-64)85-49-25-19-43-79(85)91-94(100)92-80-44-20-26-50-86(80)101(83-47-23-17-38-71(83)74-56-53-65(59-89(74)101)98(104)77-41-14-11-35-68(77)62-30-6-2-7-31-62)96(92)93-81-45-21-27-51-87(81)102(95(91)93)84-48-24-18-39-72(84)75-57-54-66(60-90(75)102)99(105)78-42-15-12-36-69(78)63-32-8-3-9-33-63/h1-60H/t100-,101-,102-/m0/s1. The minimum Gasteiger partial charge on any atom is -0.289 e. The van der Waals surface area contributed by atoms with Gasteiger partial charge < -0.3 is 0 Å². The fourth-order valence-electron chi connectivity index (χ4n) is 20.2. The van der Waals surface area contributed by atoms with E-state index < -0.39 is 16.2 Å². The molecule has 3 atom stereocenters. The van der Waals surface area contributed by atoms with E-state index in [4.69, 9.17) is 0 Å². The Morgan fingerprint density at radius 2 is 0.371 bits per heavy atom. The molecule has 3 heteroatoms. The molecule has 0 saturated carbocycles. The summed E-state index contributed by atoms with van der Waals surface area (Å²) in [7, 11) is 0. The van der Waals surface area contributed by atoms with Crippen LogP contribution in [0.2, 0.25) is 0 Å². The van der Waals surface area contributed by atoms with Gasteiger partial charge in [0.05, 0.1) is 16.2 Å². The first-order valence-corrected chi connectivity index (χ1v) is 36.3. The van der Waals surface area contributed by atoms with Gasteiger partial charge in [0.1, 0.15) is 0 Å². The maximum absolute atomic E-state index is 16.1. The first-order chi connectivity index (χ1) is 51.9. The van der Waals surface area contributed by atoms with Crippen LogP contribution in [-0.2, 0) is 16.2 Å². The number of carbonyl (C=O) groups is 3. The highest BCUT2D eigenvalue weighted by Crippen LogP contribution is 2.77. The van der Waals surface area contributed by atoms with Gasteiger partial charge in [0.15, 0.2) is 17.3 Å². The predicted molar refractivity (Wildman–Crippen MR) is 421 cm³/mol. The number of ketones is 3. The van der Waals surface area contributed by atoms with Crippen molar-refractivity contribution in [3.05, 3.63) is 464 Å². The van der Waals surface area contributed by atoms with E-state index in [-0.39, 0.29) is 17.3 Å². The van der Waals surface area contributed by atoms with Gasteiger partial charge in [-0.2, -0.15) is 0 Å². The molecule has 0 radical (unpaired) electrons. The van der Waals surface area contributed by atoms with E-state index in [1.807, 2.05) is 109 Å². The van der Waals surface area contributed by atoms with Gasteiger partial charge in [-0.05, 0) is 185 Å². The zero-order chi connectivity index (χ0) is 69.4. The van der Waals surface area contributed by atoms with E-state index in [2.05, 4.69) is 255 Å². The van der Waals surface area contributed by atoms with Gasteiger partial charge in [-0.15, -0.1) is 0 Å². The van der Waals surface area contributed by atoms with Crippen LogP contribution in [0.5, 0.6) is 0 Å². The Bertz CT molecular complexity index is 5890. The number of hydrogen-bond acceptors (Lipinski definition) is 3. The number of hydrogen-bond donors (Lipinski definition) is 0. The smallest absolute Gasteiger partial charge is 0.193 e. The number of fused-ring (bicyclic) bond motifs is 33. The molecule has 0 unspecified atom stereocenters. The Hall–Kier alpha value is -13.5. The van der Waals surface area contributed by atoms with Crippen LogP contribution < -0.4 is 0 Å². The molecule has 0 bridgehead atoms. The van der Waals surface area contributed by atoms with Crippen LogP contribution in [0.3, 0.4) is 0 Å². The van der Waals surface area contributed by atoms with Crippen LogP contribution in [0.25, 0.3) is 100 Å². The van der Waals surface area contributed by atoms with Crippen LogP contribution in [-0.4, -0.2) is 17.3 Å². The summed E-state index contributed by atoms with van der Waals surface area (Å²) < 4.78 is 0. The lowest BCUT2D eigenvalue weighted by Crippen LogP contribution is -2.31. The van der Waals surface area contributed by atoms with Crippen LogP contribution in [0.15, 0.2) is 364 Å². The maximum Gasteiger partial charge on any atom is 0.193 e. The van der Waals surface area contributed by atoms with Crippen molar-refractivity contribution in [3.63, 3.8) is 0 Å². The van der Waals surface area contributed by atoms with Crippen LogP contribution in [0.4, 0.5) is 0 Å². The minimum atomic E-state index is -1.05. The average molecular weight is 1330 g/mol. The third-order valence-corrected chi connectivity index (χ3v) is 24.1. The molecule has 0 fully saturated rings. The SMILES string of the molecule is O=C(c1ccc2c(c1)[C@]1(c3ccccc3-2)c2ccccc2-c2c1c1c(c3c2[C@@]2(c4ccccc4-c4ccc(C(=O)c5ccccc5-c5ccccc5)cc42)c2ccccc2-3)[C@@]2(c3ccccc3-c3ccc(C(=O)c4ccccc4-c4ccccc4)cc32)c2ccccc2-1)c1ccccc1-c1ccccc1. The Balaban J connectivity index is 0.907. The molecular formula is C102H60O3. The van der Waals surface area contributed by atoms with Crippen molar-refractivity contribution < 1.29 is 14.4 Å². The molecule has 0 saturated heterocycles. The highest BCUT2D eigenvalue weighted by atomic mass is 16.1. The van der Waals surface area contributed by atoms with Gasteiger partial charge in [-0.3, -0.25) is 14.4 Å². The molecule has 0 aromatic heterocycles. The largest absolute Gasteiger partial charge is 0.289 e. The highest BCUT2D eigenvalue weighted by molar-refractivity contribution is 6.18. The van der Waals surface area contributed by atoms with Crippen LogP contribution in [0, 0.1) is 0 Å². The summed E-state index contributed by atoms with van der Waals surface area (Å²) in [5.41, 5.74) is 32.8. The average Bonchev–Trinajstić information content (AvgIpc) is 1.45. The highest BCUT2D eigenvalue weighted by Gasteiger charge is 2.65. The molecule has 486 valence electrons. The van der Waals surface area contributed by atoms with Crippen LogP contribution >= 0.6 is 0 Å². The number of rotatable bonds is 9. The quantitative estimate of drug-likeness (QED) is 0.135. The first kappa shape index (κ1) is 59.2. The van der Waals surface area contributed by atoms with Gasteiger partial charge >= 0.3 is 0 Å². The van der Waals surface area contributed by atoms with E-state index in [0.717, 1.165) is 167 Å². The summed E-state index contributed by atoms with van der Waals surface area (Å²) in [5.74, 6) is -0.168. The van der Waals surface area contributed by atoms with Gasteiger partial charge in [0.25, 0.3) is 0 Å². The van der Waals surface area contributed by atoms with Crippen molar-refractivity contribution in [2.75, 3.05) is 0 Å². The lowest BCUT2D eigenvalue weighted by atomic mass is 9.63. The van der Waals surface area contributed by atoms with Crippen molar-refractivity contribution in [3.8, 4) is 100 Å². The lowest BCUT2D eigenvalue weighted by molar-refractivity contribution is 0.103. The minimum absolute atomic E-state index is 0.0560. The van der Waals surface area contributed by atoms with Gasteiger partial charge in [-0.25, -0.2) is 0 Å². The third-order valence-electron chi connectivity index (χ3n) is 24.1. The molecule has 0 aliphatic heterocycles. The van der Waals surface area contributed by atoms with Crippen molar-refractivity contribution in [1.29, 1.82) is 0 Å². The maximum atomic E-state index is 16.1. The van der Waals surface area contributed by atoms with E-state index in [1.54, 1.807) is 0 Å². The molecule has 0 heterocycles. The zero-order valence-corrected chi connectivity index (χ0v) is 56.9. The second-order valence-electron chi connectivity index (χ2n) is 28.8. The molecule has 16 aromatic carbocycles. The van der Waals surface area contributed by atoms with E-state index >= 15 is 14.4 Å². The van der Waals surface area contributed by atoms with Gasteiger partial charge in [-0.1, -0.05) is 346 Å². The van der Waals surface area contributed by atoms with Gasteiger partial charge in [0, 0.05) is 33.4 Å². The molecule has 16 aromatic rings. The molecule has 6 aliphatic rings. The zero-order valence-electron chi connectivity index (χ0n) is 56.9. The topological polar surface area (TPSA) is 51.2 Å². The van der Waals surface area contributed by atoms with Crippen molar-refractivity contribution in [2.45, 2.75) is 16.2 Å². The lowest BCUT2D eigenvalue weighted by Gasteiger charge is -2.38. The van der Waals surface area contributed by atoms with Crippen LogP contribution in [0.1, 0.15) is 115 Å². The third kappa shape index (κ3) is 7.65. The first-order valence-electron chi connectivity index (χ1n) is 36.3. The van der Waals surface area contributed by atoms with E-state index in [1.165, 1.54) is 0 Å². The van der Waals surface area contributed by atoms with E-state index in [0.29, 0.717) is 33.4 Å². The molecule has 6 aliphatic carbocycles. The summed E-state index contributed by atoms with van der Waals surface area (Å²) in [6, 6.07) is 129. The normalized spacial score (nSPS) is 16.8. The summed E-state index contributed by atoms with van der Waals surface area (Å²) >= 11 is 0. The van der Waals surface area contributed by atoms with Crippen molar-refractivity contribution in [2.24, 2.45) is 0 Å². The van der Waals surface area contributed by atoms with Crippen molar-refractivity contribution >= 4 is 17.3 Å². The summed E-state index contributed by atoms with van der Waals surface area (Å²) in [4.78, 5) is 48.3. The molecule has 0 amide bonds. The number of benzene rings is 16. The molecular weight excluding hydrogens is 1270 g/mol. The molecule has 3 nitrogen and oxygen atoms in total. The Labute approximate surface area is 608 Å².